The van der Waals surface area contributed by atoms with Gasteiger partial charge in [0.2, 0.25) is 10.0 Å². The maximum absolute atomic E-state index is 12.0. The zero-order valence-corrected chi connectivity index (χ0v) is 11.6. The number of benzene rings is 1. The molecule has 8 heteroatoms. The van der Waals surface area contributed by atoms with E-state index in [1.54, 1.807) is 6.07 Å². The Kier molecular flexibility index (Phi) is 4.51. The highest BCUT2D eigenvalue weighted by molar-refractivity contribution is 7.89. The second-order valence-corrected chi connectivity index (χ2v) is 5.81. The number of carboxylic acids is 1. The van der Waals surface area contributed by atoms with Crippen LogP contribution in [-0.4, -0.2) is 24.7 Å². The summed E-state index contributed by atoms with van der Waals surface area (Å²) in [6.45, 7) is 0.00298. The van der Waals surface area contributed by atoms with Gasteiger partial charge in [-0.2, -0.15) is 0 Å². The average molecular weight is 308 g/mol. The highest BCUT2D eigenvalue weighted by Gasteiger charge is 2.14. The predicted octanol–water partition coefficient (Wildman–Crippen LogP) is 1.25. The number of hydrogen-bond donors (Lipinski definition) is 2. The Bertz CT molecular complexity index is 733. The van der Waals surface area contributed by atoms with Crippen molar-refractivity contribution in [3.8, 4) is 0 Å². The van der Waals surface area contributed by atoms with Crippen molar-refractivity contribution in [1.82, 2.24) is 9.88 Å². The third-order valence-electron chi connectivity index (χ3n) is 2.54. The predicted molar refractivity (Wildman–Crippen MR) is 73.6 cm³/mol. The first kappa shape index (κ1) is 14.9. The molecule has 0 aliphatic carbocycles. The molecule has 2 rings (SSSR count). The first-order valence-electron chi connectivity index (χ1n) is 5.88. The van der Waals surface area contributed by atoms with Gasteiger partial charge in [-0.25, -0.2) is 17.9 Å². The average Bonchev–Trinajstić information content (AvgIpc) is 2.97. The van der Waals surface area contributed by atoms with E-state index in [9.17, 15) is 13.2 Å². The maximum Gasteiger partial charge on any atom is 0.328 e. The van der Waals surface area contributed by atoms with Gasteiger partial charge in [-0.05, 0) is 23.8 Å². The summed E-state index contributed by atoms with van der Waals surface area (Å²) >= 11 is 0. The van der Waals surface area contributed by atoms with E-state index in [-0.39, 0.29) is 11.4 Å². The Morgan fingerprint density at radius 1 is 1.29 bits per heavy atom. The SMILES string of the molecule is O=C(O)/C=C/c1ccc(S(=O)(=O)NCc2ccno2)cc1. The van der Waals surface area contributed by atoms with E-state index in [2.05, 4.69) is 9.88 Å². The molecule has 0 amide bonds. The molecule has 7 nitrogen and oxygen atoms in total. The van der Waals surface area contributed by atoms with E-state index in [1.165, 1.54) is 36.5 Å². The third-order valence-corrected chi connectivity index (χ3v) is 3.95. The Balaban J connectivity index is 2.08. The van der Waals surface area contributed by atoms with Crippen molar-refractivity contribution in [2.45, 2.75) is 11.4 Å². The smallest absolute Gasteiger partial charge is 0.328 e. The van der Waals surface area contributed by atoms with Gasteiger partial charge in [0.15, 0.2) is 5.76 Å². The summed E-state index contributed by atoms with van der Waals surface area (Å²) in [5.41, 5.74) is 0.589. The molecule has 1 heterocycles. The molecule has 0 aliphatic heterocycles. The fraction of sp³-hybridized carbons (Fsp3) is 0.0769. The van der Waals surface area contributed by atoms with Gasteiger partial charge in [-0.1, -0.05) is 17.3 Å². The van der Waals surface area contributed by atoms with Crippen LogP contribution in [0.1, 0.15) is 11.3 Å². The number of nitrogens with zero attached hydrogens (tertiary/aromatic N) is 1. The molecular formula is C13H12N2O5S. The summed E-state index contributed by atoms with van der Waals surface area (Å²) in [4.78, 5) is 10.5. The molecule has 0 saturated heterocycles. The van der Waals surface area contributed by atoms with E-state index in [0.717, 1.165) is 6.08 Å². The quantitative estimate of drug-likeness (QED) is 0.777. The summed E-state index contributed by atoms with van der Waals surface area (Å²) < 4.78 is 31.2. The minimum absolute atomic E-state index is 0.00298. The molecule has 0 fully saturated rings. The zero-order valence-electron chi connectivity index (χ0n) is 10.8. The van der Waals surface area contributed by atoms with Crippen LogP contribution in [0.15, 0.2) is 52.0 Å². The Morgan fingerprint density at radius 2 is 2.00 bits per heavy atom. The molecule has 0 bridgehead atoms. The first-order valence-corrected chi connectivity index (χ1v) is 7.36. The van der Waals surface area contributed by atoms with Gasteiger partial charge in [0.25, 0.3) is 0 Å². The highest BCUT2D eigenvalue weighted by atomic mass is 32.2. The topological polar surface area (TPSA) is 110 Å². The summed E-state index contributed by atoms with van der Waals surface area (Å²) in [6.07, 6.45) is 3.78. The second kappa shape index (κ2) is 6.33. The minimum atomic E-state index is -3.66. The van der Waals surface area contributed by atoms with Crippen LogP contribution in [0.2, 0.25) is 0 Å². The molecule has 0 saturated carbocycles. The molecule has 0 atom stereocenters. The van der Waals surface area contributed by atoms with Gasteiger partial charge in [0, 0.05) is 12.1 Å². The van der Waals surface area contributed by atoms with Crippen LogP contribution in [0.5, 0.6) is 0 Å². The minimum Gasteiger partial charge on any atom is -0.478 e. The van der Waals surface area contributed by atoms with Crippen LogP contribution in [-0.2, 0) is 21.4 Å². The van der Waals surface area contributed by atoms with Crippen LogP contribution in [0.4, 0.5) is 0 Å². The van der Waals surface area contributed by atoms with Crippen molar-refractivity contribution in [2.75, 3.05) is 0 Å². The highest BCUT2D eigenvalue weighted by Crippen LogP contribution is 2.12. The van der Waals surface area contributed by atoms with Crippen LogP contribution in [0, 0.1) is 0 Å². The lowest BCUT2D eigenvalue weighted by Crippen LogP contribution is -2.22. The van der Waals surface area contributed by atoms with Gasteiger partial charge in [0.05, 0.1) is 17.6 Å². The molecule has 1 aromatic carbocycles. The summed E-state index contributed by atoms with van der Waals surface area (Å²) in [5, 5.41) is 12.0. The number of rotatable bonds is 6. The molecule has 21 heavy (non-hydrogen) atoms. The van der Waals surface area contributed by atoms with E-state index in [4.69, 9.17) is 9.63 Å². The third kappa shape index (κ3) is 4.26. The van der Waals surface area contributed by atoms with Gasteiger partial charge < -0.3 is 9.63 Å². The lowest BCUT2D eigenvalue weighted by atomic mass is 10.2. The fourth-order valence-corrected chi connectivity index (χ4v) is 2.50. The van der Waals surface area contributed by atoms with Crippen molar-refractivity contribution in [3.05, 3.63) is 53.9 Å². The Morgan fingerprint density at radius 3 is 2.57 bits per heavy atom. The van der Waals surface area contributed by atoms with E-state index < -0.39 is 16.0 Å². The number of carbonyl (C=O) groups is 1. The molecule has 0 spiro atoms. The number of sulfonamides is 1. The number of nitrogens with one attached hydrogen (secondary N) is 1. The van der Waals surface area contributed by atoms with Crippen molar-refractivity contribution < 1.29 is 22.8 Å². The summed E-state index contributed by atoms with van der Waals surface area (Å²) in [7, 11) is -3.66. The number of carboxylic acid groups (broad SMARTS) is 1. The monoisotopic (exact) mass is 308 g/mol. The molecular weight excluding hydrogens is 296 g/mol. The van der Waals surface area contributed by atoms with E-state index in [1.807, 2.05) is 0 Å². The van der Waals surface area contributed by atoms with E-state index in [0.29, 0.717) is 11.3 Å². The molecule has 0 unspecified atom stereocenters. The van der Waals surface area contributed by atoms with Crippen LogP contribution in [0.25, 0.3) is 6.08 Å². The maximum atomic E-state index is 12.0. The van der Waals surface area contributed by atoms with Crippen molar-refractivity contribution in [1.29, 1.82) is 0 Å². The van der Waals surface area contributed by atoms with Crippen molar-refractivity contribution >= 4 is 22.1 Å². The van der Waals surface area contributed by atoms with Gasteiger partial charge >= 0.3 is 5.97 Å². The Hall–Kier alpha value is -2.45. The van der Waals surface area contributed by atoms with Crippen LogP contribution >= 0.6 is 0 Å². The standard InChI is InChI=1S/C13H12N2O5S/c16-13(17)6-3-10-1-4-12(5-2-10)21(18,19)15-9-11-7-8-14-20-11/h1-8,15H,9H2,(H,16,17)/b6-3+. The van der Waals surface area contributed by atoms with Crippen molar-refractivity contribution in [2.24, 2.45) is 0 Å². The van der Waals surface area contributed by atoms with Gasteiger partial charge in [-0.3, -0.25) is 0 Å². The Labute approximate surface area is 120 Å². The van der Waals surface area contributed by atoms with Gasteiger partial charge in [-0.15, -0.1) is 0 Å². The fourth-order valence-electron chi connectivity index (χ4n) is 1.51. The number of hydrogen-bond acceptors (Lipinski definition) is 5. The van der Waals surface area contributed by atoms with E-state index >= 15 is 0 Å². The number of aromatic nitrogens is 1. The molecule has 2 aromatic rings. The summed E-state index contributed by atoms with van der Waals surface area (Å²) in [5.74, 6) is -0.667. The van der Waals surface area contributed by atoms with Crippen LogP contribution in [0.3, 0.4) is 0 Å². The second-order valence-electron chi connectivity index (χ2n) is 4.04. The lowest BCUT2D eigenvalue weighted by molar-refractivity contribution is -0.131. The normalized spacial score (nSPS) is 11.8. The zero-order chi connectivity index (χ0) is 15.3. The lowest BCUT2D eigenvalue weighted by Gasteiger charge is -2.05. The van der Waals surface area contributed by atoms with Gasteiger partial charge in [0.1, 0.15) is 0 Å². The number of aliphatic carboxylic acids is 1. The first-order chi connectivity index (χ1) is 9.97. The molecule has 0 radical (unpaired) electrons. The molecule has 110 valence electrons. The van der Waals surface area contributed by atoms with Crippen LogP contribution < -0.4 is 4.72 Å². The summed E-state index contributed by atoms with van der Waals surface area (Å²) in [6, 6.07) is 7.38. The molecule has 2 N–H and O–H groups in total. The largest absolute Gasteiger partial charge is 0.478 e. The van der Waals surface area contributed by atoms with Crippen molar-refractivity contribution in [3.63, 3.8) is 0 Å². The molecule has 1 aromatic heterocycles. The molecule has 0 aliphatic rings.